The maximum absolute atomic E-state index is 12.2. The highest BCUT2D eigenvalue weighted by Gasteiger charge is 2.31. The van der Waals surface area contributed by atoms with Gasteiger partial charge in [-0.3, -0.25) is 9.79 Å². The van der Waals surface area contributed by atoms with Gasteiger partial charge in [-0.05, 0) is 30.3 Å². The molecule has 0 bridgehead atoms. The highest BCUT2D eigenvalue weighted by Crippen LogP contribution is 2.21. The number of primary amides is 1. The average molecular weight is 283 g/mol. The third-order valence-electron chi connectivity index (χ3n) is 2.04. The molecule has 0 heterocycles. The van der Waals surface area contributed by atoms with Crippen LogP contribution in [-0.4, -0.2) is 32.9 Å². The number of nitrogens with two attached hydrogens (primary N) is 2. The van der Waals surface area contributed by atoms with Crippen LogP contribution in [0.1, 0.15) is 10.4 Å². The lowest BCUT2D eigenvalue weighted by Gasteiger charge is -2.06. The second-order valence-electron chi connectivity index (χ2n) is 3.55. The van der Waals surface area contributed by atoms with Crippen LogP contribution in [-0.2, 0) is 0 Å². The number of carbonyl (C=O) groups is 1. The van der Waals surface area contributed by atoms with Gasteiger partial charge in [0.1, 0.15) is 5.70 Å². The molecule has 1 amide bonds. The minimum atomic E-state index is -4.59. The van der Waals surface area contributed by atoms with E-state index in [9.17, 15) is 18.0 Å². The lowest BCUT2D eigenvalue weighted by Crippen LogP contribution is -2.20. The van der Waals surface area contributed by atoms with Gasteiger partial charge >= 0.3 is 6.18 Å². The van der Waals surface area contributed by atoms with Gasteiger partial charge in [-0.25, -0.2) is 0 Å². The van der Waals surface area contributed by atoms with E-state index in [1.54, 1.807) is 0 Å². The van der Waals surface area contributed by atoms with Gasteiger partial charge in [-0.1, -0.05) is 4.57 Å². The van der Waals surface area contributed by atoms with Gasteiger partial charge in [0.25, 0.3) is 0 Å². The molecule has 0 aliphatic heterocycles. The summed E-state index contributed by atoms with van der Waals surface area (Å²) in [6, 6.07) is 5.77. The summed E-state index contributed by atoms with van der Waals surface area (Å²) in [5, 5.41) is 0. The molecular weight excluding hydrogens is 274 g/mol. The lowest BCUT2D eigenvalue weighted by molar-refractivity contribution is -0.0925. The van der Waals surface area contributed by atoms with E-state index in [1.165, 1.54) is 24.3 Å². The Balaban J connectivity index is 2.94. The van der Waals surface area contributed by atoms with Crippen molar-refractivity contribution in [2.24, 2.45) is 16.5 Å². The van der Waals surface area contributed by atoms with Gasteiger partial charge in [-0.15, -0.1) is 0 Å². The molecule has 2 radical (unpaired) electrons. The highest BCUT2D eigenvalue weighted by molar-refractivity contribution is 6.63. The standard InChI is InChI=1S/C11H9F3N3O.Al/c12-11(13,14)9(15)5-6-17-8-3-1-7(2-4-8)10(16)18;/h1-5H,15H2,(H2,16,18);. The second-order valence-corrected chi connectivity index (χ2v) is 4.14. The van der Waals surface area contributed by atoms with E-state index in [0.29, 0.717) is 11.8 Å². The Labute approximate surface area is 115 Å². The molecule has 0 saturated heterocycles. The summed E-state index contributed by atoms with van der Waals surface area (Å²) >= 11 is 2.04. The third kappa shape index (κ3) is 4.77. The Hall–Kier alpha value is -1.78. The number of nitrogens with zero attached hydrogens (tertiary/aromatic N) is 1. The number of halogens is 3. The number of alkyl halides is 3. The maximum Gasteiger partial charge on any atom is 0.430 e. The van der Waals surface area contributed by atoms with E-state index in [2.05, 4.69) is 4.99 Å². The Morgan fingerprint density at radius 3 is 2.16 bits per heavy atom. The Morgan fingerprint density at radius 1 is 1.21 bits per heavy atom. The summed E-state index contributed by atoms with van der Waals surface area (Å²) in [6.07, 6.45) is -3.89. The van der Waals surface area contributed by atoms with E-state index in [1.807, 2.05) is 16.3 Å². The predicted octanol–water partition coefficient (Wildman–Crippen LogP) is 1.39. The van der Waals surface area contributed by atoms with Crippen molar-refractivity contribution in [3.05, 3.63) is 41.6 Å². The molecule has 4 nitrogen and oxygen atoms in total. The van der Waals surface area contributed by atoms with Crippen molar-refractivity contribution in [2.75, 3.05) is 0 Å². The molecule has 0 spiro atoms. The molecule has 0 aliphatic rings. The Bertz CT molecular complexity index is 535. The lowest BCUT2D eigenvalue weighted by atomic mass is 10.2. The predicted molar refractivity (Wildman–Crippen MR) is 66.1 cm³/mol. The molecular formula is C11H9AlF3N3O. The molecule has 0 fully saturated rings. The number of aliphatic imine (C=N–C) groups is 1. The molecule has 0 aliphatic carbocycles. The number of hydrogen-bond acceptors (Lipinski definition) is 3. The van der Waals surface area contributed by atoms with Crippen molar-refractivity contribution in [3.63, 3.8) is 0 Å². The first-order valence-electron chi connectivity index (χ1n) is 4.98. The minimum Gasteiger partial charge on any atom is -0.395 e. The van der Waals surface area contributed by atoms with E-state index >= 15 is 0 Å². The van der Waals surface area contributed by atoms with Crippen molar-refractivity contribution < 1.29 is 18.0 Å². The first kappa shape index (κ1) is 15.3. The van der Waals surface area contributed by atoms with Crippen LogP contribution in [0, 0.1) is 0 Å². The Kier molecular flexibility index (Phi) is 4.75. The normalized spacial score (nSPS) is 13.4. The van der Waals surface area contributed by atoms with Crippen molar-refractivity contribution in [3.8, 4) is 0 Å². The van der Waals surface area contributed by atoms with E-state index < -0.39 is 17.8 Å². The molecule has 4 N–H and O–H groups in total. The largest absolute Gasteiger partial charge is 0.430 e. The smallest absolute Gasteiger partial charge is 0.395 e. The van der Waals surface area contributed by atoms with Crippen LogP contribution in [0.15, 0.2) is 41.0 Å². The van der Waals surface area contributed by atoms with Gasteiger partial charge in [-0.2, -0.15) is 13.2 Å². The zero-order valence-electron chi connectivity index (χ0n) is 9.61. The number of allylic oxidation sites excluding steroid dienone is 2. The number of carbonyl (C=O) groups excluding carboxylic acids is 1. The average Bonchev–Trinajstić information content (AvgIpc) is 2.28. The number of amides is 1. The van der Waals surface area contributed by atoms with E-state index in [-0.39, 0.29) is 10.1 Å². The van der Waals surface area contributed by atoms with Gasteiger partial charge < -0.3 is 11.5 Å². The molecule has 0 unspecified atom stereocenters. The van der Waals surface area contributed by atoms with Crippen LogP contribution in [0.5, 0.6) is 0 Å². The quantitative estimate of drug-likeness (QED) is 0.649. The maximum atomic E-state index is 12.2. The fourth-order valence-corrected chi connectivity index (χ4v) is 1.45. The molecule has 98 valence electrons. The van der Waals surface area contributed by atoms with Crippen molar-refractivity contribution in [2.45, 2.75) is 6.18 Å². The number of benzene rings is 1. The van der Waals surface area contributed by atoms with E-state index in [0.717, 1.165) is 0 Å². The van der Waals surface area contributed by atoms with Gasteiger partial charge in [0.05, 0.1) is 5.69 Å². The summed E-state index contributed by atoms with van der Waals surface area (Å²) in [4.78, 5) is 14.7. The summed E-state index contributed by atoms with van der Waals surface area (Å²) in [5.41, 5.74) is 9.32. The van der Waals surface area contributed by atoms with Crippen LogP contribution in [0.4, 0.5) is 18.9 Å². The van der Waals surface area contributed by atoms with Crippen LogP contribution in [0.3, 0.4) is 0 Å². The minimum absolute atomic E-state index is 0.0154. The first-order valence-corrected chi connectivity index (χ1v) is 5.56. The monoisotopic (exact) mass is 283 g/mol. The Morgan fingerprint density at radius 2 is 1.74 bits per heavy atom. The van der Waals surface area contributed by atoms with E-state index in [4.69, 9.17) is 11.5 Å². The van der Waals surface area contributed by atoms with Gasteiger partial charge in [0.2, 0.25) is 22.2 Å². The second kappa shape index (κ2) is 5.91. The van der Waals surface area contributed by atoms with Crippen LogP contribution in [0.2, 0.25) is 0 Å². The van der Waals surface area contributed by atoms with Crippen molar-refractivity contribution >= 4 is 32.5 Å². The highest BCUT2D eigenvalue weighted by atomic mass is 27.0. The molecule has 1 aromatic carbocycles. The summed E-state index contributed by atoms with van der Waals surface area (Å²) in [6.45, 7) is 0. The topological polar surface area (TPSA) is 81.5 Å². The third-order valence-corrected chi connectivity index (χ3v) is 2.34. The molecule has 19 heavy (non-hydrogen) atoms. The first-order chi connectivity index (χ1) is 8.70. The number of hydrogen-bond donors (Lipinski definition) is 2. The fourth-order valence-electron chi connectivity index (χ4n) is 1.12. The molecule has 0 atom stereocenters. The van der Waals surface area contributed by atoms with Crippen LogP contribution < -0.4 is 11.5 Å². The zero-order valence-corrected chi connectivity index (χ0v) is 10.8. The van der Waals surface area contributed by atoms with Crippen LogP contribution in [0.25, 0.3) is 0 Å². The molecule has 8 heteroatoms. The summed E-state index contributed by atoms with van der Waals surface area (Å²) in [7, 11) is 0. The SMILES string of the molecule is NC(=O)c1ccc(N=[C]([Al])C=C(N)C(F)(F)F)cc1. The van der Waals surface area contributed by atoms with Gasteiger partial charge in [0, 0.05) is 5.56 Å². The molecule has 0 saturated carbocycles. The zero-order chi connectivity index (χ0) is 14.6. The summed E-state index contributed by atoms with van der Waals surface area (Å²) in [5.74, 6) is -0.595. The molecule has 1 rings (SSSR count). The van der Waals surface area contributed by atoms with Gasteiger partial charge in [0.15, 0.2) is 0 Å². The molecule has 1 aromatic rings. The van der Waals surface area contributed by atoms with Crippen molar-refractivity contribution in [1.82, 2.24) is 0 Å². The molecule has 0 aromatic heterocycles. The number of rotatable bonds is 3. The summed E-state index contributed by atoms with van der Waals surface area (Å²) < 4.78 is 36.6. The fraction of sp³-hybridized carbons (Fsp3) is 0.0909. The van der Waals surface area contributed by atoms with Crippen LogP contribution >= 0.6 is 0 Å². The van der Waals surface area contributed by atoms with Crippen molar-refractivity contribution in [1.29, 1.82) is 0 Å².